The molecule has 3 heteroatoms. The van der Waals surface area contributed by atoms with Crippen LogP contribution in [0.25, 0.3) is 17.0 Å². The van der Waals surface area contributed by atoms with Gasteiger partial charge in [0, 0.05) is 5.56 Å². The summed E-state index contributed by atoms with van der Waals surface area (Å²) in [4.78, 5) is 12.0. The molecule has 0 saturated carbocycles. The van der Waals surface area contributed by atoms with Crippen molar-refractivity contribution in [2.45, 2.75) is 6.92 Å². The molecular weight excluding hydrogens is 238 g/mol. The topological polar surface area (TPSA) is 35.1 Å². The highest BCUT2D eigenvalue weighted by atomic mass is 16.4. The zero-order valence-electron chi connectivity index (χ0n) is 10.5. The molecule has 0 radical (unpaired) electrons. The summed E-state index contributed by atoms with van der Waals surface area (Å²) < 4.78 is 6.98. The molecule has 94 valence electrons. The van der Waals surface area contributed by atoms with Crippen LogP contribution in [-0.2, 0) is 0 Å². The fourth-order valence-corrected chi connectivity index (χ4v) is 2.18. The standard InChI is InChI=1S/C16H13NO2/c1-12-15(13-8-4-2-5-9-13)19-16(18)17(12)14-10-6-3-7-11-14/h2-11H,1H3. The largest absolute Gasteiger partial charge is 0.424 e. The molecule has 3 nitrogen and oxygen atoms in total. The first-order valence-electron chi connectivity index (χ1n) is 6.10. The number of rotatable bonds is 2. The maximum atomic E-state index is 12.0. The van der Waals surface area contributed by atoms with Crippen molar-refractivity contribution >= 4 is 0 Å². The van der Waals surface area contributed by atoms with E-state index in [1.807, 2.05) is 67.6 Å². The second-order valence-corrected chi connectivity index (χ2v) is 4.32. The van der Waals surface area contributed by atoms with E-state index in [4.69, 9.17) is 4.42 Å². The quantitative estimate of drug-likeness (QED) is 0.699. The van der Waals surface area contributed by atoms with Gasteiger partial charge in [0.1, 0.15) is 0 Å². The van der Waals surface area contributed by atoms with E-state index in [0.717, 1.165) is 16.9 Å². The third kappa shape index (κ3) is 1.99. The van der Waals surface area contributed by atoms with Crippen molar-refractivity contribution in [1.29, 1.82) is 0 Å². The van der Waals surface area contributed by atoms with Gasteiger partial charge < -0.3 is 4.42 Å². The molecule has 3 rings (SSSR count). The van der Waals surface area contributed by atoms with Crippen molar-refractivity contribution in [3.8, 4) is 17.0 Å². The maximum absolute atomic E-state index is 12.0. The lowest BCUT2D eigenvalue weighted by Gasteiger charge is -2.03. The number of oxazole rings is 1. The lowest BCUT2D eigenvalue weighted by Crippen LogP contribution is -2.12. The number of benzene rings is 2. The van der Waals surface area contributed by atoms with Gasteiger partial charge in [0.2, 0.25) is 0 Å². The van der Waals surface area contributed by atoms with Gasteiger partial charge in [-0.3, -0.25) is 0 Å². The van der Waals surface area contributed by atoms with Crippen LogP contribution in [0.3, 0.4) is 0 Å². The van der Waals surface area contributed by atoms with Gasteiger partial charge >= 0.3 is 5.76 Å². The molecule has 2 aromatic carbocycles. The van der Waals surface area contributed by atoms with Crippen molar-refractivity contribution in [3.05, 3.63) is 76.9 Å². The van der Waals surface area contributed by atoms with Gasteiger partial charge in [-0.05, 0) is 19.1 Å². The summed E-state index contributed by atoms with van der Waals surface area (Å²) in [5.74, 6) is 0.261. The van der Waals surface area contributed by atoms with Gasteiger partial charge in [0.15, 0.2) is 5.76 Å². The van der Waals surface area contributed by atoms with Crippen molar-refractivity contribution in [3.63, 3.8) is 0 Å². The predicted octanol–water partition coefficient (Wildman–Crippen LogP) is 3.41. The lowest BCUT2D eigenvalue weighted by molar-refractivity contribution is 0.516. The number of hydrogen-bond donors (Lipinski definition) is 0. The minimum absolute atomic E-state index is 0.359. The van der Waals surface area contributed by atoms with E-state index < -0.39 is 0 Å². The highest BCUT2D eigenvalue weighted by Crippen LogP contribution is 2.23. The Labute approximate surface area is 110 Å². The molecule has 0 aliphatic carbocycles. The first-order chi connectivity index (χ1) is 9.27. The van der Waals surface area contributed by atoms with Crippen molar-refractivity contribution in [1.82, 2.24) is 4.57 Å². The molecule has 0 fully saturated rings. The minimum Gasteiger partial charge on any atom is -0.407 e. The minimum atomic E-state index is -0.359. The van der Waals surface area contributed by atoms with E-state index in [9.17, 15) is 4.79 Å². The maximum Gasteiger partial charge on any atom is 0.424 e. The summed E-state index contributed by atoms with van der Waals surface area (Å²) in [7, 11) is 0. The predicted molar refractivity (Wildman–Crippen MR) is 74.5 cm³/mol. The Bertz CT molecular complexity index is 739. The van der Waals surface area contributed by atoms with Crippen LogP contribution in [-0.4, -0.2) is 4.57 Å². The first kappa shape index (κ1) is 11.5. The summed E-state index contributed by atoms with van der Waals surface area (Å²) in [5, 5.41) is 0. The molecule has 19 heavy (non-hydrogen) atoms. The lowest BCUT2D eigenvalue weighted by atomic mass is 10.1. The van der Waals surface area contributed by atoms with Crippen LogP contribution in [0.5, 0.6) is 0 Å². The van der Waals surface area contributed by atoms with E-state index in [0.29, 0.717) is 5.76 Å². The van der Waals surface area contributed by atoms with Gasteiger partial charge in [0.05, 0.1) is 11.4 Å². The molecule has 0 unspecified atom stereocenters. The molecule has 0 aliphatic rings. The van der Waals surface area contributed by atoms with Crippen molar-refractivity contribution in [2.24, 2.45) is 0 Å². The molecule has 0 aliphatic heterocycles. The number of hydrogen-bond acceptors (Lipinski definition) is 2. The third-order valence-electron chi connectivity index (χ3n) is 3.09. The second kappa shape index (κ2) is 4.61. The number of aromatic nitrogens is 1. The van der Waals surface area contributed by atoms with Crippen LogP contribution in [0, 0.1) is 6.92 Å². The van der Waals surface area contributed by atoms with E-state index in [-0.39, 0.29) is 5.76 Å². The molecule has 0 spiro atoms. The molecule has 1 aromatic heterocycles. The average Bonchev–Trinajstić information content (AvgIpc) is 2.76. The van der Waals surface area contributed by atoms with Gasteiger partial charge in [-0.1, -0.05) is 48.5 Å². The highest BCUT2D eigenvalue weighted by molar-refractivity contribution is 5.60. The van der Waals surface area contributed by atoms with Crippen LogP contribution in [0.15, 0.2) is 69.9 Å². The normalized spacial score (nSPS) is 10.6. The average molecular weight is 251 g/mol. The zero-order chi connectivity index (χ0) is 13.2. The van der Waals surface area contributed by atoms with E-state index in [1.165, 1.54) is 0 Å². The van der Waals surface area contributed by atoms with Crippen molar-refractivity contribution in [2.75, 3.05) is 0 Å². The number of nitrogens with zero attached hydrogens (tertiary/aromatic N) is 1. The molecule has 0 N–H and O–H groups in total. The Kier molecular flexibility index (Phi) is 2.80. The van der Waals surface area contributed by atoms with Crippen LogP contribution in [0.1, 0.15) is 5.69 Å². The van der Waals surface area contributed by atoms with E-state index in [1.54, 1.807) is 4.57 Å². The Hall–Kier alpha value is -2.55. The molecule has 0 amide bonds. The van der Waals surface area contributed by atoms with Crippen LogP contribution >= 0.6 is 0 Å². The monoisotopic (exact) mass is 251 g/mol. The molecule has 1 heterocycles. The summed E-state index contributed by atoms with van der Waals surface area (Å²) in [5.41, 5.74) is 2.53. The highest BCUT2D eigenvalue weighted by Gasteiger charge is 2.15. The Morgan fingerprint density at radius 2 is 1.47 bits per heavy atom. The molecule has 3 aromatic rings. The van der Waals surface area contributed by atoms with Gasteiger partial charge in [-0.15, -0.1) is 0 Å². The second-order valence-electron chi connectivity index (χ2n) is 4.32. The van der Waals surface area contributed by atoms with Crippen LogP contribution in [0.4, 0.5) is 0 Å². The fourth-order valence-electron chi connectivity index (χ4n) is 2.18. The summed E-state index contributed by atoms with van der Waals surface area (Å²) in [6.45, 7) is 1.89. The summed E-state index contributed by atoms with van der Waals surface area (Å²) >= 11 is 0. The zero-order valence-corrected chi connectivity index (χ0v) is 10.5. The smallest absolute Gasteiger partial charge is 0.407 e. The fraction of sp³-hybridized carbons (Fsp3) is 0.0625. The SMILES string of the molecule is Cc1c(-c2ccccc2)oc(=O)n1-c1ccccc1. The number of para-hydroxylation sites is 1. The molecular formula is C16H13NO2. The van der Waals surface area contributed by atoms with Crippen molar-refractivity contribution < 1.29 is 4.42 Å². The first-order valence-corrected chi connectivity index (χ1v) is 6.10. The van der Waals surface area contributed by atoms with E-state index >= 15 is 0 Å². The van der Waals surface area contributed by atoms with Gasteiger partial charge in [0.25, 0.3) is 0 Å². The third-order valence-corrected chi connectivity index (χ3v) is 3.09. The Balaban J connectivity index is 2.20. The van der Waals surface area contributed by atoms with Gasteiger partial charge in [-0.2, -0.15) is 0 Å². The van der Waals surface area contributed by atoms with Crippen LogP contribution < -0.4 is 5.76 Å². The van der Waals surface area contributed by atoms with E-state index in [2.05, 4.69) is 0 Å². The van der Waals surface area contributed by atoms with Gasteiger partial charge in [-0.25, -0.2) is 9.36 Å². The Morgan fingerprint density at radius 3 is 2.11 bits per heavy atom. The molecule has 0 saturated heterocycles. The molecule has 0 bridgehead atoms. The van der Waals surface area contributed by atoms with Crippen LogP contribution in [0.2, 0.25) is 0 Å². The summed E-state index contributed by atoms with van der Waals surface area (Å²) in [6, 6.07) is 19.1. The summed E-state index contributed by atoms with van der Waals surface area (Å²) in [6.07, 6.45) is 0. The molecule has 0 atom stereocenters. The Morgan fingerprint density at radius 1 is 0.895 bits per heavy atom.